The van der Waals surface area contributed by atoms with Gasteiger partial charge >= 0.3 is 0 Å². The Balaban J connectivity index is 2.37. The number of methoxy groups -OCH3 is 1. The van der Waals surface area contributed by atoms with Crippen molar-refractivity contribution in [2.45, 2.75) is 6.61 Å². The number of halogens is 1. The fourth-order valence-electron chi connectivity index (χ4n) is 1.40. The normalized spacial score (nSPS) is 10.4. The SMILES string of the molecule is COc1ccc(-c2ncc(CO)[nH]2)cc1Br. The van der Waals surface area contributed by atoms with Crippen LogP contribution in [0, 0.1) is 0 Å². The molecule has 0 atom stereocenters. The molecule has 0 aliphatic carbocycles. The summed E-state index contributed by atoms with van der Waals surface area (Å²) in [5, 5.41) is 8.93. The van der Waals surface area contributed by atoms with Crippen molar-refractivity contribution in [3.05, 3.63) is 34.6 Å². The van der Waals surface area contributed by atoms with E-state index in [-0.39, 0.29) is 6.61 Å². The van der Waals surface area contributed by atoms with Gasteiger partial charge in [-0.15, -0.1) is 0 Å². The van der Waals surface area contributed by atoms with Crippen LogP contribution < -0.4 is 4.74 Å². The molecular weight excluding hydrogens is 272 g/mol. The molecule has 0 unspecified atom stereocenters. The molecule has 0 radical (unpaired) electrons. The maximum Gasteiger partial charge on any atom is 0.137 e. The predicted octanol–water partition coefficient (Wildman–Crippen LogP) is 2.34. The fourth-order valence-corrected chi connectivity index (χ4v) is 1.94. The van der Waals surface area contributed by atoms with Crippen LogP contribution in [0.2, 0.25) is 0 Å². The van der Waals surface area contributed by atoms with Crippen LogP contribution in [0.1, 0.15) is 5.69 Å². The van der Waals surface area contributed by atoms with E-state index in [0.717, 1.165) is 21.6 Å². The molecule has 1 heterocycles. The molecule has 0 fully saturated rings. The predicted molar refractivity (Wildman–Crippen MR) is 64.2 cm³/mol. The first-order valence-corrected chi connectivity index (χ1v) is 5.52. The minimum Gasteiger partial charge on any atom is -0.496 e. The Morgan fingerprint density at radius 1 is 1.50 bits per heavy atom. The first kappa shape index (κ1) is 11.2. The highest BCUT2D eigenvalue weighted by atomic mass is 79.9. The lowest BCUT2D eigenvalue weighted by molar-refractivity contribution is 0.277. The second-order valence-electron chi connectivity index (χ2n) is 3.26. The fraction of sp³-hybridized carbons (Fsp3) is 0.182. The lowest BCUT2D eigenvalue weighted by Crippen LogP contribution is -1.87. The van der Waals surface area contributed by atoms with E-state index < -0.39 is 0 Å². The maximum absolute atomic E-state index is 8.93. The third-order valence-corrected chi connectivity index (χ3v) is 2.84. The number of aromatic nitrogens is 2. The number of aromatic amines is 1. The van der Waals surface area contributed by atoms with E-state index in [1.807, 2.05) is 18.2 Å². The maximum atomic E-state index is 8.93. The summed E-state index contributed by atoms with van der Waals surface area (Å²) in [6.07, 6.45) is 1.62. The number of ether oxygens (including phenoxy) is 1. The van der Waals surface area contributed by atoms with Gasteiger partial charge in [0.15, 0.2) is 0 Å². The molecule has 1 aromatic heterocycles. The molecule has 0 aliphatic rings. The third-order valence-electron chi connectivity index (χ3n) is 2.22. The lowest BCUT2D eigenvalue weighted by atomic mass is 10.2. The quantitative estimate of drug-likeness (QED) is 0.909. The molecule has 2 aromatic rings. The second kappa shape index (κ2) is 4.67. The van der Waals surface area contributed by atoms with Crippen LogP contribution >= 0.6 is 15.9 Å². The molecule has 1 aromatic carbocycles. The van der Waals surface area contributed by atoms with Gasteiger partial charge < -0.3 is 14.8 Å². The van der Waals surface area contributed by atoms with Gasteiger partial charge in [0.25, 0.3) is 0 Å². The van der Waals surface area contributed by atoms with Gasteiger partial charge in [0.1, 0.15) is 11.6 Å². The van der Waals surface area contributed by atoms with Crippen LogP contribution in [0.25, 0.3) is 11.4 Å². The van der Waals surface area contributed by atoms with Gasteiger partial charge in [0.2, 0.25) is 0 Å². The largest absolute Gasteiger partial charge is 0.496 e. The average molecular weight is 283 g/mol. The number of aliphatic hydroxyl groups is 1. The van der Waals surface area contributed by atoms with Crippen molar-refractivity contribution in [2.75, 3.05) is 7.11 Å². The minimum absolute atomic E-state index is 0.0374. The molecule has 0 saturated heterocycles. The number of imidazole rings is 1. The number of nitrogens with zero attached hydrogens (tertiary/aromatic N) is 1. The van der Waals surface area contributed by atoms with Crippen molar-refractivity contribution < 1.29 is 9.84 Å². The van der Waals surface area contributed by atoms with E-state index in [9.17, 15) is 0 Å². The van der Waals surface area contributed by atoms with Crippen molar-refractivity contribution in [3.8, 4) is 17.1 Å². The molecule has 0 amide bonds. The number of hydrogen-bond donors (Lipinski definition) is 2. The monoisotopic (exact) mass is 282 g/mol. The molecule has 2 rings (SSSR count). The smallest absolute Gasteiger partial charge is 0.137 e. The Labute approximate surface area is 101 Å². The summed E-state index contributed by atoms with van der Waals surface area (Å²) >= 11 is 3.41. The van der Waals surface area contributed by atoms with Gasteiger partial charge in [-0.2, -0.15) is 0 Å². The van der Waals surface area contributed by atoms with Gasteiger partial charge in [0.05, 0.1) is 30.1 Å². The molecule has 0 saturated carbocycles. The van der Waals surface area contributed by atoms with E-state index in [1.165, 1.54) is 0 Å². The van der Waals surface area contributed by atoms with Crippen molar-refractivity contribution >= 4 is 15.9 Å². The number of nitrogens with one attached hydrogen (secondary N) is 1. The molecule has 0 aliphatic heterocycles. The molecule has 84 valence electrons. The van der Waals surface area contributed by atoms with Crippen LogP contribution in [-0.2, 0) is 6.61 Å². The highest BCUT2D eigenvalue weighted by molar-refractivity contribution is 9.10. The zero-order chi connectivity index (χ0) is 11.5. The van der Waals surface area contributed by atoms with Crippen molar-refractivity contribution in [1.29, 1.82) is 0 Å². The van der Waals surface area contributed by atoms with Crippen molar-refractivity contribution in [3.63, 3.8) is 0 Å². The first-order valence-electron chi connectivity index (χ1n) is 4.73. The van der Waals surface area contributed by atoms with Gasteiger partial charge in [-0.1, -0.05) is 0 Å². The summed E-state index contributed by atoms with van der Waals surface area (Å²) in [6.45, 7) is -0.0374. The van der Waals surface area contributed by atoms with Gasteiger partial charge in [-0.25, -0.2) is 4.98 Å². The summed E-state index contributed by atoms with van der Waals surface area (Å²) in [4.78, 5) is 7.20. The van der Waals surface area contributed by atoms with Crippen LogP contribution in [0.3, 0.4) is 0 Å². The molecule has 0 spiro atoms. The minimum atomic E-state index is -0.0374. The molecule has 5 heteroatoms. The van der Waals surface area contributed by atoms with Crippen LogP contribution in [-0.4, -0.2) is 22.2 Å². The van der Waals surface area contributed by atoms with Crippen molar-refractivity contribution in [2.24, 2.45) is 0 Å². The summed E-state index contributed by atoms with van der Waals surface area (Å²) in [7, 11) is 1.62. The molecule has 16 heavy (non-hydrogen) atoms. The van der Waals surface area contributed by atoms with E-state index in [4.69, 9.17) is 9.84 Å². The van der Waals surface area contributed by atoms with Crippen LogP contribution in [0.4, 0.5) is 0 Å². The number of aliphatic hydroxyl groups excluding tert-OH is 1. The summed E-state index contributed by atoms with van der Waals surface area (Å²) in [5.74, 6) is 1.50. The Bertz CT molecular complexity index is 496. The van der Waals surface area contributed by atoms with Crippen LogP contribution in [0.15, 0.2) is 28.9 Å². The van der Waals surface area contributed by atoms with Gasteiger partial charge in [0, 0.05) is 5.56 Å². The second-order valence-corrected chi connectivity index (χ2v) is 4.12. The van der Waals surface area contributed by atoms with E-state index in [0.29, 0.717) is 5.69 Å². The third kappa shape index (κ3) is 2.10. The van der Waals surface area contributed by atoms with E-state index >= 15 is 0 Å². The average Bonchev–Trinajstić information content (AvgIpc) is 2.77. The zero-order valence-corrected chi connectivity index (χ0v) is 10.3. The Morgan fingerprint density at radius 3 is 2.88 bits per heavy atom. The molecule has 2 N–H and O–H groups in total. The first-order chi connectivity index (χ1) is 7.74. The molecule has 0 bridgehead atoms. The zero-order valence-electron chi connectivity index (χ0n) is 8.70. The highest BCUT2D eigenvalue weighted by Gasteiger charge is 2.06. The standard InChI is InChI=1S/C11H11BrN2O2/c1-16-10-3-2-7(4-9(10)12)11-13-5-8(6-15)14-11/h2-5,15H,6H2,1H3,(H,13,14). The Hall–Kier alpha value is -1.33. The van der Waals surface area contributed by atoms with E-state index in [1.54, 1.807) is 13.3 Å². The van der Waals surface area contributed by atoms with Crippen LogP contribution in [0.5, 0.6) is 5.75 Å². The lowest BCUT2D eigenvalue weighted by Gasteiger charge is -2.04. The summed E-state index contributed by atoms with van der Waals surface area (Å²) in [5.41, 5.74) is 1.63. The Kier molecular flexibility index (Phi) is 3.26. The number of benzene rings is 1. The number of H-pyrrole nitrogens is 1. The number of rotatable bonds is 3. The Morgan fingerprint density at radius 2 is 2.31 bits per heavy atom. The van der Waals surface area contributed by atoms with E-state index in [2.05, 4.69) is 25.9 Å². The molecular formula is C11H11BrN2O2. The summed E-state index contributed by atoms with van der Waals surface area (Å²) < 4.78 is 6.01. The number of hydrogen-bond acceptors (Lipinski definition) is 3. The van der Waals surface area contributed by atoms with Crippen molar-refractivity contribution in [1.82, 2.24) is 9.97 Å². The molecule has 4 nitrogen and oxygen atoms in total. The topological polar surface area (TPSA) is 58.1 Å². The summed E-state index contributed by atoms with van der Waals surface area (Å²) in [6, 6.07) is 5.68. The van der Waals surface area contributed by atoms with Gasteiger partial charge in [-0.3, -0.25) is 0 Å². The van der Waals surface area contributed by atoms with Gasteiger partial charge in [-0.05, 0) is 34.1 Å². The highest BCUT2D eigenvalue weighted by Crippen LogP contribution is 2.29.